The number of hydrogen-bond acceptors (Lipinski definition) is 9. The Labute approximate surface area is 108 Å². The second-order valence-corrected chi connectivity index (χ2v) is 4.23. The van der Waals surface area contributed by atoms with Crippen LogP contribution in [0.15, 0.2) is 0 Å². The van der Waals surface area contributed by atoms with Crippen LogP contribution < -0.4 is 0 Å². The van der Waals surface area contributed by atoms with Crippen molar-refractivity contribution in [2.24, 2.45) is 0 Å². The molecule has 1 heterocycles. The van der Waals surface area contributed by atoms with Crippen LogP contribution in [0.1, 0.15) is 0 Å². The molecule has 0 unspecified atom stereocenters. The van der Waals surface area contributed by atoms with Gasteiger partial charge in [0, 0.05) is 0 Å². The van der Waals surface area contributed by atoms with Crippen molar-refractivity contribution in [1.82, 2.24) is 0 Å². The molecule has 112 valence electrons. The highest BCUT2D eigenvalue weighted by molar-refractivity contribution is 5.57. The van der Waals surface area contributed by atoms with Gasteiger partial charge in [-0.1, -0.05) is 0 Å². The van der Waals surface area contributed by atoms with Gasteiger partial charge in [0.15, 0.2) is 12.6 Å². The highest BCUT2D eigenvalue weighted by Gasteiger charge is 2.41. The third kappa shape index (κ3) is 3.91. The molecular formula is C10H18O9. The Hall–Kier alpha value is -0.650. The van der Waals surface area contributed by atoms with Gasteiger partial charge in [0.2, 0.25) is 0 Å². The summed E-state index contributed by atoms with van der Waals surface area (Å²) in [6, 6.07) is 0. The lowest BCUT2D eigenvalue weighted by Gasteiger charge is -2.36. The van der Waals surface area contributed by atoms with Crippen LogP contribution in [0.4, 0.5) is 0 Å². The Morgan fingerprint density at radius 1 is 1.26 bits per heavy atom. The van der Waals surface area contributed by atoms with E-state index in [2.05, 4.69) is 0 Å². The third-order valence-corrected chi connectivity index (χ3v) is 2.80. The average molecular weight is 282 g/mol. The zero-order valence-electron chi connectivity index (χ0n) is 9.94. The minimum absolute atomic E-state index is 0.164. The minimum atomic E-state index is -1.72. The topological polar surface area (TPSA) is 157 Å². The quantitative estimate of drug-likeness (QED) is 0.265. The van der Waals surface area contributed by atoms with Crippen molar-refractivity contribution >= 4 is 6.29 Å². The van der Waals surface area contributed by atoms with E-state index in [-0.39, 0.29) is 12.9 Å². The van der Waals surface area contributed by atoms with Gasteiger partial charge in [-0.05, 0) is 0 Å². The standard InChI is InChI=1S/C10H18O9/c11-1-4(13)7(15)6(2-12)19-10-9(17)8(16)5(14)3-18-10/h2,4-11,13-17H,1,3H2/t4-,5-,6+,7+,8+,9-,10+/m1/s1. The van der Waals surface area contributed by atoms with Gasteiger partial charge in [0.25, 0.3) is 0 Å². The molecular weight excluding hydrogens is 264 g/mol. The Morgan fingerprint density at radius 2 is 1.89 bits per heavy atom. The predicted molar refractivity (Wildman–Crippen MR) is 57.8 cm³/mol. The molecule has 0 aromatic heterocycles. The summed E-state index contributed by atoms with van der Waals surface area (Å²) in [5, 5.41) is 55.5. The van der Waals surface area contributed by atoms with Gasteiger partial charge in [0.1, 0.15) is 36.6 Å². The van der Waals surface area contributed by atoms with Gasteiger partial charge in [-0.25, -0.2) is 0 Å². The first-order valence-electron chi connectivity index (χ1n) is 5.66. The van der Waals surface area contributed by atoms with Crippen LogP contribution in [0.5, 0.6) is 0 Å². The SMILES string of the molecule is O=C[C@H](O[C@@H]1OC[C@@H](O)[C@H](O)[C@H]1O)[C@@H](O)[C@H](O)CO. The number of aliphatic hydroxyl groups is 6. The van der Waals surface area contributed by atoms with Gasteiger partial charge >= 0.3 is 0 Å². The van der Waals surface area contributed by atoms with Crippen LogP contribution in [-0.4, -0.2) is 93.1 Å². The second kappa shape index (κ2) is 7.22. The van der Waals surface area contributed by atoms with Crippen LogP contribution in [0, 0.1) is 0 Å². The maximum absolute atomic E-state index is 10.8. The minimum Gasteiger partial charge on any atom is -0.394 e. The first-order valence-corrected chi connectivity index (χ1v) is 5.66. The van der Waals surface area contributed by atoms with Gasteiger partial charge < -0.3 is 44.9 Å². The summed E-state index contributed by atoms with van der Waals surface area (Å²) in [5.74, 6) is 0. The molecule has 9 heteroatoms. The summed E-state index contributed by atoms with van der Waals surface area (Å²) in [6.07, 6.45) is -10.6. The maximum atomic E-state index is 10.8. The molecule has 1 rings (SSSR count). The van der Waals surface area contributed by atoms with Crippen molar-refractivity contribution in [3.63, 3.8) is 0 Å². The van der Waals surface area contributed by atoms with Gasteiger partial charge in [-0.3, -0.25) is 0 Å². The number of ether oxygens (including phenoxy) is 2. The third-order valence-electron chi connectivity index (χ3n) is 2.80. The fourth-order valence-corrected chi connectivity index (χ4v) is 1.57. The predicted octanol–water partition coefficient (Wildman–Crippen LogP) is -4.28. The highest BCUT2D eigenvalue weighted by atomic mass is 16.7. The van der Waals surface area contributed by atoms with Crippen molar-refractivity contribution in [3.05, 3.63) is 0 Å². The molecule has 0 radical (unpaired) electrons. The summed E-state index contributed by atoms with van der Waals surface area (Å²) in [7, 11) is 0. The smallest absolute Gasteiger partial charge is 0.187 e. The van der Waals surface area contributed by atoms with E-state index in [4.69, 9.17) is 14.6 Å². The zero-order chi connectivity index (χ0) is 14.6. The van der Waals surface area contributed by atoms with Gasteiger partial charge in [-0.2, -0.15) is 0 Å². The lowest BCUT2D eigenvalue weighted by Crippen LogP contribution is -2.56. The average Bonchev–Trinajstić information content (AvgIpc) is 2.42. The number of hydrogen-bond donors (Lipinski definition) is 6. The molecule has 1 saturated heterocycles. The molecule has 0 aliphatic carbocycles. The van der Waals surface area contributed by atoms with Crippen molar-refractivity contribution in [3.8, 4) is 0 Å². The first kappa shape index (κ1) is 16.4. The molecule has 1 fully saturated rings. The Balaban J connectivity index is 2.63. The van der Waals surface area contributed by atoms with E-state index in [1.165, 1.54) is 0 Å². The largest absolute Gasteiger partial charge is 0.394 e. The molecule has 7 atom stereocenters. The fraction of sp³-hybridized carbons (Fsp3) is 0.900. The Kier molecular flexibility index (Phi) is 6.23. The summed E-state index contributed by atoms with van der Waals surface area (Å²) in [4.78, 5) is 10.8. The lowest BCUT2D eigenvalue weighted by atomic mass is 10.0. The van der Waals surface area contributed by atoms with Crippen LogP contribution in [0.25, 0.3) is 0 Å². The van der Waals surface area contributed by atoms with Crippen LogP contribution in [-0.2, 0) is 14.3 Å². The molecule has 1 aliphatic heterocycles. The summed E-state index contributed by atoms with van der Waals surface area (Å²) in [5.41, 5.74) is 0. The number of aldehydes is 1. The zero-order valence-corrected chi connectivity index (χ0v) is 9.94. The summed E-state index contributed by atoms with van der Waals surface area (Å²) >= 11 is 0. The van der Waals surface area contributed by atoms with E-state index < -0.39 is 49.5 Å². The van der Waals surface area contributed by atoms with Gasteiger partial charge in [-0.15, -0.1) is 0 Å². The molecule has 9 nitrogen and oxygen atoms in total. The molecule has 0 saturated carbocycles. The number of carbonyl (C=O) groups excluding carboxylic acids is 1. The molecule has 19 heavy (non-hydrogen) atoms. The van der Waals surface area contributed by atoms with Crippen molar-refractivity contribution in [1.29, 1.82) is 0 Å². The van der Waals surface area contributed by atoms with Crippen molar-refractivity contribution in [2.75, 3.05) is 13.2 Å². The number of carbonyl (C=O) groups is 1. The van der Waals surface area contributed by atoms with E-state index >= 15 is 0 Å². The molecule has 0 amide bonds. The van der Waals surface area contributed by atoms with Crippen LogP contribution in [0.3, 0.4) is 0 Å². The molecule has 1 aliphatic rings. The second-order valence-electron chi connectivity index (χ2n) is 4.23. The van der Waals surface area contributed by atoms with Crippen molar-refractivity contribution in [2.45, 2.75) is 42.9 Å². The Bertz CT molecular complexity index is 286. The first-order chi connectivity index (χ1) is 8.92. The molecule has 0 aromatic rings. The monoisotopic (exact) mass is 282 g/mol. The highest BCUT2D eigenvalue weighted by Crippen LogP contribution is 2.19. The van der Waals surface area contributed by atoms with Gasteiger partial charge in [0.05, 0.1) is 13.2 Å². The lowest BCUT2D eigenvalue weighted by molar-refractivity contribution is -0.287. The number of aliphatic hydroxyl groups excluding tert-OH is 6. The maximum Gasteiger partial charge on any atom is 0.187 e. The number of rotatable bonds is 6. The van der Waals surface area contributed by atoms with Crippen LogP contribution in [0.2, 0.25) is 0 Å². The van der Waals surface area contributed by atoms with E-state index in [0.29, 0.717) is 0 Å². The van der Waals surface area contributed by atoms with E-state index in [9.17, 15) is 30.3 Å². The van der Waals surface area contributed by atoms with Crippen LogP contribution >= 0.6 is 0 Å². The summed E-state index contributed by atoms with van der Waals surface area (Å²) < 4.78 is 9.80. The van der Waals surface area contributed by atoms with E-state index in [1.54, 1.807) is 0 Å². The molecule has 6 N–H and O–H groups in total. The fourth-order valence-electron chi connectivity index (χ4n) is 1.57. The summed E-state index contributed by atoms with van der Waals surface area (Å²) in [6.45, 7) is -1.11. The molecule has 0 aromatic carbocycles. The van der Waals surface area contributed by atoms with Crippen molar-refractivity contribution < 1.29 is 44.9 Å². The molecule has 0 spiro atoms. The van der Waals surface area contributed by atoms with E-state index in [0.717, 1.165) is 0 Å². The Morgan fingerprint density at radius 3 is 2.42 bits per heavy atom. The van der Waals surface area contributed by atoms with E-state index in [1.807, 2.05) is 0 Å². The normalized spacial score (nSPS) is 36.5. The molecule has 0 bridgehead atoms.